The Bertz CT molecular complexity index is 637. The van der Waals surface area contributed by atoms with E-state index in [0.717, 1.165) is 62.1 Å². The molecule has 1 aromatic heterocycles. The van der Waals surface area contributed by atoms with Gasteiger partial charge in [-0.2, -0.15) is 4.98 Å². The van der Waals surface area contributed by atoms with Crippen molar-refractivity contribution in [2.24, 2.45) is 0 Å². The fourth-order valence-electron chi connectivity index (χ4n) is 2.95. The van der Waals surface area contributed by atoms with Crippen LogP contribution in [0.2, 0.25) is 0 Å². The minimum atomic E-state index is 0.289. The van der Waals surface area contributed by atoms with Crippen LogP contribution in [0.15, 0.2) is 36.4 Å². The SMILES string of the molecule is CCN(CC)c1nc(NCC2CCCO2)cc(-c2ccccc2)n1. The van der Waals surface area contributed by atoms with E-state index < -0.39 is 0 Å². The molecule has 1 N–H and O–H groups in total. The van der Waals surface area contributed by atoms with E-state index in [1.807, 2.05) is 24.3 Å². The highest BCUT2D eigenvalue weighted by Gasteiger charge is 2.16. The zero-order valence-corrected chi connectivity index (χ0v) is 14.5. The first-order chi connectivity index (χ1) is 11.8. The summed E-state index contributed by atoms with van der Waals surface area (Å²) in [5.74, 6) is 1.64. The summed E-state index contributed by atoms with van der Waals surface area (Å²) in [4.78, 5) is 11.6. The predicted molar refractivity (Wildman–Crippen MR) is 98.5 cm³/mol. The van der Waals surface area contributed by atoms with E-state index >= 15 is 0 Å². The molecule has 0 spiro atoms. The first-order valence-corrected chi connectivity index (χ1v) is 8.85. The number of hydrogen-bond acceptors (Lipinski definition) is 5. The molecule has 0 saturated carbocycles. The summed E-state index contributed by atoms with van der Waals surface area (Å²) in [6.45, 7) is 7.70. The number of aromatic nitrogens is 2. The van der Waals surface area contributed by atoms with Gasteiger partial charge in [-0.15, -0.1) is 0 Å². The Kier molecular flexibility index (Phi) is 5.64. The number of hydrogen-bond donors (Lipinski definition) is 1. The largest absolute Gasteiger partial charge is 0.376 e. The van der Waals surface area contributed by atoms with Crippen LogP contribution in [0.25, 0.3) is 11.3 Å². The van der Waals surface area contributed by atoms with Crippen molar-refractivity contribution in [3.8, 4) is 11.3 Å². The summed E-state index contributed by atoms with van der Waals surface area (Å²) in [5, 5.41) is 3.44. The van der Waals surface area contributed by atoms with Gasteiger partial charge in [0.15, 0.2) is 0 Å². The molecule has 1 unspecified atom stereocenters. The minimum absolute atomic E-state index is 0.289. The fourth-order valence-corrected chi connectivity index (χ4v) is 2.95. The molecule has 0 radical (unpaired) electrons. The zero-order chi connectivity index (χ0) is 16.8. The Morgan fingerprint density at radius 3 is 2.62 bits per heavy atom. The summed E-state index contributed by atoms with van der Waals surface area (Å²) in [6, 6.07) is 12.3. The predicted octanol–water partition coefficient (Wildman–Crippen LogP) is 3.58. The molecule has 0 amide bonds. The molecule has 1 aliphatic rings. The molecule has 128 valence electrons. The van der Waals surface area contributed by atoms with Gasteiger partial charge >= 0.3 is 0 Å². The van der Waals surface area contributed by atoms with Crippen LogP contribution in [-0.4, -0.2) is 42.3 Å². The monoisotopic (exact) mass is 326 g/mol. The van der Waals surface area contributed by atoms with Gasteiger partial charge in [-0.25, -0.2) is 4.98 Å². The average Bonchev–Trinajstić information content (AvgIpc) is 3.15. The van der Waals surface area contributed by atoms with Crippen LogP contribution >= 0.6 is 0 Å². The lowest BCUT2D eigenvalue weighted by Gasteiger charge is -2.20. The van der Waals surface area contributed by atoms with Crippen molar-refractivity contribution in [2.75, 3.05) is 36.5 Å². The van der Waals surface area contributed by atoms with Crippen molar-refractivity contribution < 1.29 is 4.74 Å². The number of benzene rings is 1. The van der Waals surface area contributed by atoms with Gasteiger partial charge in [0.25, 0.3) is 0 Å². The molecule has 0 aliphatic carbocycles. The summed E-state index contributed by atoms with van der Waals surface area (Å²) >= 11 is 0. The van der Waals surface area contributed by atoms with Crippen molar-refractivity contribution in [1.29, 1.82) is 0 Å². The normalized spacial score (nSPS) is 17.0. The van der Waals surface area contributed by atoms with Gasteiger partial charge in [0.2, 0.25) is 5.95 Å². The Morgan fingerprint density at radius 2 is 1.96 bits per heavy atom. The lowest BCUT2D eigenvalue weighted by atomic mass is 10.1. The van der Waals surface area contributed by atoms with Crippen molar-refractivity contribution in [2.45, 2.75) is 32.8 Å². The molecule has 5 nitrogen and oxygen atoms in total. The second-order valence-corrected chi connectivity index (χ2v) is 5.99. The van der Waals surface area contributed by atoms with Crippen LogP contribution in [-0.2, 0) is 4.74 Å². The van der Waals surface area contributed by atoms with E-state index in [-0.39, 0.29) is 6.10 Å². The maximum atomic E-state index is 5.69. The summed E-state index contributed by atoms with van der Waals surface area (Å²) in [6.07, 6.45) is 2.56. The molecule has 1 fully saturated rings. The molecule has 3 rings (SSSR count). The molecule has 1 aliphatic heterocycles. The van der Waals surface area contributed by atoms with E-state index in [0.29, 0.717) is 0 Å². The quantitative estimate of drug-likeness (QED) is 0.843. The molecule has 2 aromatic rings. The number of ether oxygens (including phenoxy) is 1. The average molecular weight is 326 g/mol. The van der Waals surface area contributed by atoms with Crippen LogP contribution in [0.3, 0.4) is 0 Å². The van der Waals surface area contributed by atoms with Crippen LogP contribution < -0.4 is 10.2 Å². The van der Waals surface area contributed by atoms with Gasteiger partial charge in [0.1, 0.15) is 5.82 Å². The third kappa shape index (κ3) is 4.03. The summed E-state index contributed by atoms with van der Waals surface area (Å²) < 4.78 is 5.69. The fraction of sp³-hybridized carbons (Fsp3) is 0.474. The molecule has 24 heavy (non-hydrogen) atoms. The van der Waals surface area contributed by atoms with E-state index in [9.17, 15) is 0 Å². The first kappa shape index (κ1) is 16.7. The van der Waals surface area contributed by atoms with Gasteiger partial charge in [-0.05, 0) is 26.7 Å². The van der Waals surface area contributed by atoms with Crippen LogP contribution in [0.1, 0.15) is 26.7 Å². The molecule has 1 aromatic carbocycles. The zero-order valence-electron chi connectivity index (χ0n) is 14.5. The van der Waals surface area contributed by atoms with Gasteiger partial charge in [-0.3, -0.25) is 0 Å². The Hall–Kier alpha value is -2.14. The van der Waals surface area contributed by atoms with E-state index in [2.05, 4.69) is 36.2 Å². The lowest BCUT2D eigenvalue weighted by molar-refractivity contribution is 0.120. The van der Waals surface area contributed by atoms with Gasteiger partial charge in [0.05, 0.1) is 11.8 Å². The molecule has 2 heterocycles. The van der Waals surface area contributed by atoms with E-state index in [1.54, 1.807) is 0 Å². The third-order valence-electron chi connectivity index (χ3n) is 4.37. The molecular formula is C19H26N4O. The van der Waals surface area contributed by atoms with Gasteiger partial charge in [-0.1, -0.05) is 30.3 Å². The number of anilines is 2. The van der Waals surface area contributed by atoms with Crippen molar-refractivity contribution in [3.63, 3.8) is 0 Å². The molecule has 0 bridgehead atoms. The summed E-state index contributed by atoms with van der Waals surface area (Å²) in [7, 11) is 0. The highest BCUT2D eigenvalue weighted by Crippen LogP contribution is 2.23. The van der Waals surface area contributed by atoms with Crippen LogP contribution in [0.5, 0.6) is 0 Å². The topological polar surface area (TPSA) is 50.3 Å². The van der Waals surface area contributed by atoms with Gasteiger partial charge < -0.3 is 15.0 Å². The van der Waals surface area contributed by atoms with Crippen molar-refractivity contribution in [3.05, 3.63) is 36.4 Å². The Balaban J connectivity index is 1.87. The lowest BCUT2D eigenvalue weighted by Crippen LogP contribution is -2.25. The second-order valence-electron chi connectivity index (χ2n) is 5.99. The number of rotatable bonds is 7. The van der Waals surface area contributed by atoms with E-state index in [1.165, 1.54) is 0 Å². The maximum Gasteiger partial charge on any atom is 0.227 e. The van der Waals surface area contributed by atoms with Crippen molar-refractivity contribution in [1.82, 2.24) is 9.97 Å². The maximum absolute atomic E-state index is 5.69. The third-order valence-corrected chi connectivity index (χ3v) is 4.37. The smallest absolute Gasteiger partial charge is 0.227 e. The highest BCUT2D eigenvalue weighted by molar-refractivity contribution is 5.64. The van der Waals surface area contributed by atoms with Crippen LogP contribution in [0, 0.1) is 0 Å². The molecular weight excluding hydrogens is 300 g/mol. The Labute approximate surface area is 144 Å². The number of nitrogens with zero attached hydrogens (tertiary/aromatic N) is 3. The molecule has 5 heteroatoms. The van der Waals surface area contributed by atoms with Crippen LogP contribution in [0.4, 0.5) is 11.8 Å². The first-order valence-electron chi connectivity index (χ1n) is 8.85. The molecule has 1 saturated heterocycles. The standard InChI is InChI=1S/C19H26N4O/c1-3-23(4-2)19-21-17(15-9-6-5-7-10-15)13-18(22-19)20-14-16-11-8-12-24-16/h5-7,9-10,13,16H,3-4,8,11-12,14H2,1-2H3,(H,20,21,22). The minimum Gasteiger partial charge on any atom is -0.376 e. The molecule has 1 atom stereocenters. The summed E-state index contributed by atoms with van der Waals surface area (Å²) in [5.41, 5.74) is 2.05. The van der Waals surface area contributed by atoms with Crippen molar-refractivity contribution >= 4 is 11.8 Å². The number of nitrogens with one attached hydrogen (secondary N) is 1. The Morgan fingerprint density at radius 1 is 1.17 bits per heavy atom. The second kappa shape index (κ2) is 8.11. The van der Waals surface area contributed by atoms with Gasteiger partial charge in [0, 0.05) is 37.9 Å². The highest BCUT2D eigenvalue weighted by atomic mass is 16.5. The van der Waals surface area contributed by atoms with E-state index in [4.69, 9.17) is 14.7 Å².